The Bertz CT molecular complexity index is 6130. The normalized spacial score (nSPS) is 11.8. The van der Waals surface area contributed by atoms with Gasteiger partial charge in [0.15, 0.2) is 0 Å². The second kappa shape index (κ2) is 52.2. The van der Waals surface area contributed by atoms with E-state index in [0.29, 0.717) is 89.1 Å². The van der Waals surface area contributed by atoms with Crippen LogP contribution in [-0.4, -0.2) is 78.5 Å². The van der Waals surface area contributed by atoms with E-state index in [1.165, 1.54) is 109 Å². The van der Waals surface area contributed by atoms with Crippen LogP contribution in [0.15, 0.2) is 223 Å². The van der Waals surface area contributed by atoms with Crippen LogP contribution in [0.1, 0.15) is 210 Å². The monoisotopic (exact) mass is 2150 g/mol. The molecule has 1 aliphatic carbocycles. The molecule has 0 amide bonds. The molecule has 0 aromatic heterocycles. The van der Waals surface area contributed by atoms with E-state index in [2.05, 4.69) is 25.4 Å². The lowest BCUT2D eigenvalue weighted by molar-refractivity contribution is -0.139. The number of methoxy groups -OCH3 is 6. The summed E-state index contributed by atoms with van der Waals surface area (Å²) >= 11 is 9.32. The van der Waals surface area contributed by atoms with E-state index >= 15 is 0 Å². The highest BCUT2D eigenvalue weighted by Crippen LogP contribution is 2.47. The SMILES string of the molecule is CCc1cccc(C(=O)OC)c1COc1ccc(C)cc1C(F)(F)F.COC(=O)c1cccc(Br)c1COc1ccc(C)cc1C(F)(F)F.COC(=O)c1cccc(C)c1COc1ccc(C)cc1C(F)(F)F.COC(=O)c1cccc(C)c1COc1ccc(C)cc1C(F)(F)F.COC(=O)c1cccc(C2CC2)c1COc1ccc(C)cc1C(F)(F)F.COC(=O)c1cccc(Cl)c1COc1ccc(C)cc1C(F)(F)F. The maximum atomic E-state index is 13.3. The number of alkyl halides is 18. The molecule has 1 fully saturated rings. The molecule has 147 heavy (non-hydrogen) atoms. The minimum absolute atomic E-state index is 0.122. The highest BCUT2D eigenvalue weighted by molar-refractivity contribution is 9.10. The van der Waals surface area contributed by atoms with Crippen LogP contribution in [0, 0.1) is 55.4 Å². The van der Waals surface area contributed by atoms with E-state index in [4.69, 9.17) is 59.0 Å². The van der Waals surface area contributed by atoms with E-state index in [1.807, 2.05) is 19.1 Å². The molecule has 38 heteroatoms. The molecule has 0 N–H and O–H groups in total. The van der Waals surface area contributed by atoms with E-state index < -0.39 is 106 Å². The van der Waals surface area contributed by atoms with Gasteiger partial charge in [-0.25, -0.2) is 28.8 Å². The van der Waals surface area contributed by atoms with E-state index in [0.717, 1.165) is 71.5 Å². The Kier molecular flexibility index (Phi) is 41.9. The van der Waals surface area contributed by atoms with Gasteiger partial charge in [-0.3, -0.25) is 0 Å². The fourth-order valence-electron chi connectivity index (χ4n) is 14.5. The summed E-state index contributed by atoms with van der Waals surface area (Å²) in [4.78, 5) is 71.1. The fraction of sp³-hybridized carbons (Fsp3) is 0.284. The van der Waals surface area contributed by atoms with Crippen LogP contribution >= 0.6 is 27.5 Å². The zero-order chi connectivity index (χ0) is 109. The van der Waals surface area contributed by atoms with Gasteiger partial charge in [-0.1, -0.05) is 165 Å². The lowest BCUT2D eigenvalue weighted by atomic mass is 9.98. The Morgan fingerprint density at radius 2 is 0.497 bits per heavy atom. The number of aryl methyl sites for hydroxylation is 9. The first kappa shape index (κ1) is 118. The van der Waals surface area contributed by atoms with E-state index in [-0.39, 0.29) is 107 Å². The van der Waals surface area contributed by atoms with Crippen molar-refractivity contribution in [2.45, 2.75) is 164 Å². The van der Waals surface area contributed by atoms with Crippen molar-refractivity contribution in [1.29, 1.82) is 0 Å². The lowest BCUT2D eigenvalue weighted by Crippen LogP contribution is -2.13. The Labute approximate surface area is 848 Å². The number of esters is 6. The van der Waals surface area contributed by atoms with Crippen molar-refractivity contribution in [3.63, 3.8) is 0 Å². The summed E-state index contributed by atoms with van der Waals surface area (Å²) in [5.74, 6) is -4.77. The molecule has 0 spiro atoms. The second-order valence-corrected chi connectivity index (χ2v) is 34.1. The quantitative estimate of drug-likeness (QED) is 0.0280. The second-order valence-electron chi connectivity index (χ2n) is 32.8. The van der Waals surface area contributed by atoms with Gasteiger partial charge in [0.05, 0.1) is 109 Å². The number of ether oxygens (including phenoxy) is 12. The van der Waals surface area contributed by atoms with Gasteiger partial charge < -0.3 is 56.8 Å². The molecule has 12 aromatic rings. The first-order valence-corrected chi connectivity index (χ1v) is 45.5. The van der Waals surface area contributed by atoms with E-state index in [9.17, 15) is 108 Å². The molecular formula is C109H100BrClF18O18. The van der Waals surface area contributed by atoms with Crippen molar-refractivity contribution in [2.75, 3.05) is 42.7 Å². The van der Waals surface area contributed by atoms with Crippen molar-refractivity contribution in [3.05, 3.63) is 384 Å². The van der Waals surface area contributed by atoms with Gasteiger partial charge >= 0.3 is 72.9 Å². The molecule has 0 aliphatic heterocycles. The molecule has 12 aromatic carbocycles. The molecule has 1 saturated carbocycles. The summed E-state index contributed by atoms with van der Waals surface area (Å²) in [7, 11) is 7.46. The minimum atomic E-state index is -4.55. The van der Waals surface area contributed by atoms with Gasteiger partial charge in [-0.15, -0.1) is 0 Å². The summed E-state index contributed by atoms with van der Waals surface area (Å²) in [6.45, 7) is 13.8. The molecule has 18 nitrogen and oxygen atoms in total. The number of hydrogen-bond acceptors (Lipinski definition) is 18. The van der Waals surface area contributed by atoms with E-state index in [1.54, 1.807) is 159 Å². The number of benzene rings is 12. The summed E-state index contributed by atoms with van der Waals surface area (Å²) < 4.78 is 298. The zero-order valence-electron chi connectivity index (χ0n) is 81.6. The van der Waals surface area contributed by atoms with Crippen molar-refractivity contribution in [1.82, 2.24) is 0 Å². The number of halogens is 20. The molecule has 1 aliphatic rings. The molecule has 13 rings (SSSR count). The average Bonchev–Trinajstić information content (AvgIpc) is 1.50. The predicted molar refractivity (Wildman–Crippen MR) is 513 cm³/mol. The van der Waals surface area contributed by atoms with Crippen LogP contribution in [0.2, 0.25) is 5.02 Å². The number of carbonyl (C=O) groups is 6. The smallest absolute Gasteiger partial charge is 0.419 e. The Morgan fingerprint density at radius 1 is 0.279 bits per heavy atom. The predicted octanol–water partition coefficient (Wildman–Crippen LogP) is 29.7. The summed E-state index contributed by atoms with van der Waals surface area (Å²) in [5, 5.41) is 0.207. The number of rotatable bonds is 26. The maximum Gasteiger partial charge on any atom is 0.419 e. The fourth-order valence-corrected chi connectivity index (χ4v) is 15.2. The highest BCUT2D eigenvalue weighted by atomic mass is 79.9. The standard InChI is InChI=1S/C20H19F3O3.C19H19F3O3.2C18H17F3O3.C17H14BrF3O3.C17H14ClF3O3/c1-12-6-9-18(17(10-12)20(21,22)23)26-11-16-14(13-7-8-13)4-3-5-15(16)19(24)25-2;1-4-13-6-5-7-14(18(23)24-3)15(13)11-25-17-9-8-12(2)10-16(17)19(20,21)22;2*1-11-7-8-16(15(9-11)18(19,20)21)24-10-14-12(2)5-4-6-13(14)17(22)23-3;2*1-10-6-7-15(13(8-10)17(19,20)21)24-9-12-11(16(22)23-2)4-3-5-14(12)18/h3-6,9-10,13H,7-8,11H2,1-2H3;5-10H,4,11H2,1-3H3;2*4-9H,10H2,1-3H3;2*3-8H,9H2,1-2H3. The maximum absolute atomic E-state index is 13.3. The molecular weight excluding hydrogens is 2050 g/mol. The lowest BCUT2D eigenvalue weighted by Gasteiger charge is -2.17. The summed E-state index contributed by atoms with van der Waals surface area (Å²) in [6, 6.07) is 52.8. The van der Waals surface area contributed by atoms with Gasteiger partial charge in [-0.2, -0.15) is 79.0 Å². The topological polar surface area (TPSA) is 213 Å². The highest BCUT2D eigenvalue weighted by Gasteiger charge is 2.41. The Balaban J connectivity index is 0.000000215. The first-order chi connectivity index (χ1) is 69.0. The number of hydrogen-bond donors (Lipinski definition) is 0. The van der Waals surface area contributed by atoms with Crippen molar-refractivity contribution >= 4 is 63.3 Å². The van der Waals surface area contributed by atoms with Gasteiger partial charge in [0.25, 0.3) is 0 Å². The van der Waals surface area contributed by atoms with Crippen LogP contribution in [-0.2, 0) is 112 Å². The largest absolute Gasteiger partial charge is 0.488 e. The molecule has 0 radical (unpaired) electrons. The third-order valence-electron chi connectivity index (χ3n) is 22.2. The Morgan fingerprint density at radius 3 is 0.769 bits per heavy atom. The summed E-state index contributed by atoms with van der Waals surface area (Å²) in [6.07, 6.45) is -24.5. The molecule has 0 unspecified atom stereocenters. The van der Waals surface area contributed by atoms with Crippen LogP contribution < -0.4 is 28.4 Å². The third-order valence-corrected chi connectivity index (χ3v) is 23.3. The third kappa shape index (κ3) is 33.1. The van der Waals surface area contributed by atoms with Crippen LogP contribution in [0.25, 0.3) is 0 Å². The molecule has 0 atom stereocenters. The van der Waals surface area contributed by atoms with Crippen LogP contribution in [0.4, 0.5) is 79.0 Å². The van der Waals surface area contributed by atoms with Crippen molar-refractivity contribution in [3.8, 4) is 34.5 Å². The van der Waals surface area contributed by atoms with Crippen LogP contribution in [0.5, 0.6) is 34.5 Å². The number of carbonyl (C=O) groups excluding carboxylic acids is 6. The molecule has 784 valence electrons. The zero-order valence-corrected chi connectivity index (χ0v) is 84.0. The molecule has 0 bridgehead atoms. The van der Waals surface area contributed by atoms with Gasteiger partial charge in [0.2, 0.25) is 0 Å². The van der Waals surface area contributed by atoms with Gasteiger partial charge in [0, 0.05) is 42.9 Å². The average molecular weight is 2160 g/mol. The van der Waals surface area contributed by atoms with Gasteiger partial charge in [0.1, 0.15) is 74.1 Å². The van der Waals surface area contributed by atoms with Crippen molar-refractivity contribution in [2.24, 2.45) is 0 Å². The summed E-state index contributed by atoms with van der Waals surface area (Å²) in [5.41, 5.74) is 5.42. The molecule has 0 saturated heterocycles. The first-order valence-electron chi connectivity index (χ1n) is 44.3. The van der Waals surface area contributed by atoms with Gasteiger partial charge in [-0.05, 0) is 224 Å². The minimum Gasteiger partial charge on any atom is -0.488 e. The van der Waals surface area contributed by atoms with Crippen molar-refractivity contribution < 1.29 is 165 Å². The van der Waals surface area contributed by atoms with Crippen LogP contribution in [0.3, 0.4) is 0 Å². The molecule has 0 heterocycles. The Hall–Kier alpha value is -14.2.